The van der Waals surface area contributed by atoms with E-state index >= 15 is 0 Å². The molecule has 17 heavy (non-hydrogen) atoms. The highest BCUT2D eigenvalue weighted by atomic mass is 16.5. The molecule has 0 saturated heterocycles. The van der Waals surface area contributed by atoms with Gasteiger partial charge in [0.1, 0.15) is 19.0 Å². The summed E-state index contributed by atoms with van der Waals surface area (Å²) in [7, 11) is 0. The molecule has 0 heterocycles. The van der Waals surface area contributed by atoms with Crippen LogP contribution in [0.15, 0.2) is 12.3 Å². The zero-order valence-corrected chi connectivity index (χ0v) is 11.0. The van der Waals surface area contributed by atoms with Gasteiger partial charge in [0.25, 0.3) is 6.47 Å². The first kappa shape index (κ1) is 15.7. The maximum absolute atomic E-state index is 11.7. The van der Waals surface area contributed by atoms with Crippen molar-refractivity contribution >= 4 is 12.3 Å². The molecule has 0 fully saturated rings. The molecule has 4 heteroatoms. The number of hydrogen-bond acceptors (Lipinski definition) is 4. The van der Waals surface area contributed by atoms with Crippen LogP contribution in [0.4, 0.5) is 0 Å². The van der Waals surface area contributed by atoms with Gasteiger partial charge in [-0.3, -0.25) is 9.59 Å². The van der Waals surface area contributed by atoms with Crippen LogP contribution in [0.2, 0.25) is 0 Å². The second-order valence-corrected chi connectivity index (χ2v) is 4.07. The molecule has 0 aliphatic carbocycles. The van der Waals surface area contributed by atoms with Crippen LogP contribution in [0.3, 0.4) is 0 Å². The number of ether oxygens (including phenoxy) is 2. The van der Waals surface area contributed by atoms with Gasteiger partial charge in [-0.15, -0.1) is 0 Å². The fourth-order valence-electron chi connectivity index (χ4n) is 1.83. The van der Waals surface area contributed by atoms with Crippen LogP contribution in [0.1, 0.15) is 40.0 Å². The summed E-state index contributed by atoms with van der Waals surface area (Å²) in [6, 6.07) is 0. The molecule has 0 atom stereocenters. The van der Waals surface area contributed by atoms with Crippen LogP contribution >= 0.6 is 0 Å². The monoisotopic (exact) mass is 242 g/mol. The minimum absolute atomic E-state index is 0.163. The highest BCUT2D eigenvalue weighted by molar-refractivity contribution is 5.82. The number of ketones is 1. The SMILES string of the molecule is C=C(CC(CC)(CC)C(C)=O)OCCOC=O. The Kier molecular flexibility index (Phi) is 7.26. The van der Waals surface area contributed by atoms with Crippen LogP contribution in [0, 0.1) is 5.41 Å². The Labute approximate surface area is 103 Å². The van der Waals surface area contributed by atoms with E-state index in [2.05, 4.69) is 11.3 Å². The van der Waals surface area contributed by atoms with Gasteiger partial charge in [0.2, 0.25) is 0 Å². The van der Waals surface area contributed by atoms with Gasteiger partial charge in [0.05, 0.1) is 5.76 Å². The highest BCUT2D eigenvalue weighted by Crippen LogP contribution is 2.34. The lowest BCUT2D eigenvalue weighted by Crippen LogP contribution is -2.28. The Hall–Kier alpha value is -1.32. The molecule has 0 unspecified atom stereocenters. The first-order valence-electron chi connectivity index (χ1n) is 5.89. The van der Waals surface area contributed by atoms with Gasteiger partial charge in [0.15, 0.2) is 0 Å². The molecule has 0 aliphatic heterocycles. The Balaban J connectivity index is 4.22. The lowest BCUT2D eigenvalue weighted by Gasteiger charge is -2.29. The predicted octanol–water partition coefficient (Wildman–Crippen LogP) is 2.48. The predicted molar refractivity (Wildman–Crippen MR) is 65.4 cm³/mol. The highest BCUT2D eigenvalue weighted by Gasteiger charge is 2.32. The molecule has 0 aliphatic rings. The maximum atomic E-state index is 11.7. The third-order valence-electron chi connectivity index (χ3n) is 3.21. The molecule has 0 rings (SSSR count). The third kappa shape index (κ3) is 5.02. The minimum atomic E-state index is -0.372. The smallest absolute Gasteiger partial charge is 0.293 e. The quantitative estimate of drug-likeness (QED) is 0.335. The van der Waals surface area contributed by atoms with Crippen molar-refractivity contribution in [2.75, 3.05) is 13.2 Å². The average Bonchev–Trinajstić information content (AvgIpc) is 2.31. The van der Waals surface area contributed by atoms with Gasteiger partial charge in [-0.2, -0.15) is 0 Å². The zero-order valence-electron chi connectivity index (χ0n) is 11.0. The van der Waals surface area contributed by atoms with Crippen LogP contribution < -0.4 is 0 Å². The number of Topliss-reactive ketones (excluding diaryl/α,β-unsaturated/α-hetero) is 1. The van der Waals surface area contributed by atoms with Gasteiger partial charge in [-0.1, -0.05) is 20.4 Å². The fourth-order valence-corrected chi connectivity index (χ4v) is 1.83. The van der Waals surface area contributed by atoms with Crippen molar-refractivity contribution in [3.05, 3.63) is 12.3 Å². The van der Waals surface area contributed by atoms with E-state index in [1.165, 1.54) is 0 Å². The Morgan fingerprint density at radius 1 is 1.29 bits per heavy atom. The number of allylic oxidation sites excluding steroid dienone is 1. The van der Waals surface area contributed by atoms with E-state index in [4.69, 9.17) is 4.74 Å². The minimum Gasteiger partial charge on any atom is -0.495 e. The lowest BCUT2D eigenvalue weighted by molar-refractivity contribution is -0.129. The normalized spacial score (nSPS) is 10.8. The summed E-state index contributed by atoms with van der Waals surface area (Å²) in [5, 5.41) is 0. The Morgan fingerprint density at radius 2 is 1.88 bits per heavy atom. The van der Waals surface area contributed by atoms with E-state index in [0.717, 1.165) is 12.8 Å². The van der Waals surface area contributed by atoms with Crippen molar-refractivity contribution in [1.29, 1.82) is 0 Å². The third-order valence-corrected chi connectivity index (χ3v) is 3.21. The molecular weight excluding hydrogens is 220 g/mol. The Bertz CT molecular complexity index is 267. The van der Waals surface area contributed by atoms with Crippen molar-refractivity contribution in [2.45, 2.75) is 40.0 Å². The number of carbonyl (C=O) groups is 2. The number of rotatable bonds is 10. The number of hydrogen-bond donors (Lipinski definition) is 0. The van der Waals surface area contributed by atoms with Crippen molar-refractivity contribution < 1.29 is 19.1 Å². The summed E-state index contributed by atoms with van der Waals surface area (Å²) in [5.41, 5.74) is -0.372. The van der Waals surface area contributed by atoms with Crippen molar-refractivity contribution in [3.8, 4) is 0 Å². The standard InChI is InChI=1S/C13H22O4/c1-5-13(6-2,12(4)15)9-11(3)17-8-7-16-10-14/h10H,3,5-9H2,1-2,4H3. The molecule has 98 valence electrons. The van der Waals surface area contributed by atoms with E-state index in [1.54, 1.807) is 6.92 Å². The summed E-state index contributed by atoms with van der Waals surface area (Å²) >= 11 is 0. The van der Waals surface area contributed by atoms with Gasteiger partial charge < -0.3 is 9.47 Å². The summed E-state index contributed by atoms with van der Waals surface area (Å²) in [5.74, 6) is 0.731. The summed E-state index contributed by atoms with van der Waals surface area (Å²) in [6.45, 7) is 10.2. The van der Waals surface area contributed by atoms with Crippen molar-refractivity contribution in [3.63, 3.8) is 0 Å². The second-order valence-electron chi connectivity index (χ2n) is 4.07. The average molecular weight is 242 g/mol. The second kappa shape index (κ2) is 7.87. The zero-order chi connectivity index (χ0) is 13.3. The van der Waals surface area contributed by atoms with Crippen LogP contribution in [0.5, 0.6) is 0 Å². The van der Waals surface area contributed by atoms with E-state index < -0.39 is 0 Å². The van der Waals surface area contributed by atoms with E-state index in [9.17, 15) is 9.59 Å². The molecule has 4 nitrogen and oxygen atoms in total. The first-order chi connectivity index (χ1) is 8.02. The first-order valence-corrected chi connectivity index (χ1v) is 5.89. The van der Waals surface area contributed by atoms with E-state index in [1.807, 2.05) is 13.8 Å². The van der Waals surface area contributed by atoms with Gasteiger partial charge in [-0.25, -0.2) is 0 Å². The molecule has 0 bridgehead atoms. The Morgan fingerprint density at radius 3 is 2.29 bits per heavy atom. The molecule has 0 aromatic carbocycles. The summed E-state index contributed by atoms with van der Waals surface area (Å²) in [6.07, 6.45) is 2.06. The maximum Gasteiger partial charge on any atom is 0.293 e. The van der Waals surface area contributed by atoms with Crippen molar-refractivity contribution in [2.24, 2.45) is 5.41 Å². The lowest BCUT2D eigenvalue weighted by atomic mass is 9.75. The molecule has 0 radical (unpaired) electrons. The molecule has 0 aromatic rings. The van der Waals surface area contributed by atoms with Crippen LogP contribution in [-0.2, 0) is 19.1 Å². The van der Waals surface area contributed by atoms with Gasteiger partial charge in [0, 0.05) is 11.8 Å². The van der Waals surface area contributed by atoms with Crippen LogP contribution in [-0.4, -0.2) is 25.5 Å². The molecule has 0 spiro atoms. The molecule has 0 aromatic heterocycles. The van der Waals surface area contributed by atoms with Crippen molar-refractivity contribution in [1.82, 2.24) is 0 Å². The topological polar surface area (TPSA) is 52.6 Å². The molecule has 0 amide bonds. The van der Waals surface area contributed by atoms with Gasteiger partial charge >= 0.3 is 0 Å². The number of carbonyl (C=O) groups excluding carboxylic acids is 2. The molecular formula is C13H22O4. The van der Waals surface area contributed by atoms with Crippen LogP contribution in [0.25, 0.3) is 0 Å². The largest absolute Gasteiger partial charge is 0.495 e. The summed E-state index contributed by atoms with van der Waals surface area (Å²) < 4.78 is 9.82. The van der Waals surface area contributed by atoms with Gasteiger partial charge in [-0.05, 0) is 19.8 Å². The molecule has 0 N–H and O–H groups in total. The molecule has 0 saturated carbocycles. The fraction of sp³-hybridized carbons (Fsp3) is 0.692. The van der Waals surface area contributed by atoms with E-state index in [0.29, 0.717) is 18.7 Å². The summed E-state index contributed by atoms with van der Waals surface area (Å²) in [4.78, 5) is 21.6. The van der Waals surface area contributed by atoms with E-state index in [-0.39, 0.29) is 24.4 Å².